The lowest BCUT2D eigenvalue weighted by atomic mass is 10.1. The van der Waals surface area contributed by atoms with Crippen LogP contribution in [0.4, 0.5) is 5.82 Å². The zero-order chi connectivity index (χ0) is 14.8. The molecular formula is C15H27N3O2. The van der Waals surface area contributed by atoms with Gasteiger partial charge < -0.3 is 20.5 Å². The fourth-order valence-corrected chi connectivity index (χ4v) is 2.08. The molecule has 0 aliphatic carbocycles. The lowest BCUT2D eigenvalue weighted by Gasteiger charge is -2.28. The fraction of sp³-hybridized carbons (Fsp3) is 0.667. The predicted octanol–water partition coefficient (Wildman–Crippen LogP) is 1.97. The molecule has 1 rings (SSSR count). The largest absolute Gasteiger partial charge is 0.384 e. The Kier molecular flexibility index (Phi) is 8.18. The molecule has 0 radical (unpaired) electrons. The molecule has 0 aromatic carbocycles. The van der Waals surface area contributed by atoms with Crippen LogP contribution in [0.3, 0.4) is 0 Å². The molecule has 0 spiro atoms. The molecule has 0 aliphatic rings. The van der Waals surface area contributed by atoms with Gasteiger partial charge in [0.05, 0.1) is 6.04 Å². The van der Waals surface area contributed by atoms with E-state index >= 15 is 0 Å². The van der Waals surface area contributed by atoms with E-state index < -0.39 is 0 Å². The number of nitrogens with two attached hydrogens (primary N) is 1. The number of hydrogen-bond acceptors (Lipinski definition) is 5. The second-order valence-corrected chi connectivity index (χ2v) is 4.63. The number of ether oxygens (including phenoxy) is 2. The molecule has 114 valence electrons. The molecule has 0 fully saturated rings. The van der Waals surface area contributed by atoms with Crippen molar-refractivity contribution in [3.63, 3.8) is 0 Å². The lowest BCUT2D eigenvalue weighted by Crippen LogP contribution is -2.45. The van der Waals surface area contributed by atoms with Crippen molar-refractivity contribution >= 4 is 5.82 Å². The third kappa shape index (κ3) is 5.86. The van der Waals surface area contributed by atoms with Gasteiger partial charge in [-0.2, -0.15) is 0 Å². The smallest absolute Gasteiger partial charge is 0.172 e. The van der Waals surface area contributed by atoms with E-state index in [-0.39, 0.29) is 12.3 Å². The summed E-state index contributed by atoms with van der Waals surface area (Å²) in [6.45, 7) is 8.30. The van der Waals surface area contributed by atoms with Gasteiger partial charge in [-0.25, -0.2) is 4.98 Å². The maximum Gasteiger partial charge on any atom is 0.172 e. The Labute approximate surface area is 121 Å². The number of rotatable bonds is 10. The van der Waals surface area contributed by atoms with Gasteiger partial charge in [0.2, 0.25) is 0 Å². The lowest BCUT2D eigenvalue weighted by molar-refractivity contribution is -0.153. The molecule has 1 aromatic heterocycles. The van der Waals surface area contributed by atoms with Crippen molar-refractivity contribution in [2.75, 3.05) is 25.5 Å². The zero-order valence-corrected chi connectivity index (χ0v) is 12.8. The summed E-state index contributed by atoms with van der Waals surface area (Å²) in [7, 11) is 0. The Bertz CT molecular complexity index is 368. The molecule has 1 unspecified atom stereocenters. The Hall–Kier alpha value is -1.17. The van der Waals surface area contributed by atoms with Gasteiger partial charge in [0.15, 0.2) is 6.29 Å². The minimum atomic E-state index is -0.245. The SMILES string of the molecule is CCCNC(Cc1ccnc(N)c1)C(OCC)OCC. The summed E-state index contributed by atoms with van der Waals surface area (Å²) in [5.41, 5.74) is 6.87. The highest BCUT2D eigenvalue weighted by molar-refractivity contribution is 5.32. The molecular weight excluding hydrogens is 254 g/mol. The van der Waals surface area contributed by atoms with Crippen LogP contribution in [-0.2, 0) is 15.9 Å². The normalized spacial score (nSPS) is 12.8. The maximum absolute atomic E-state index is 5.73. The number of hydrogen-bond donors (Lipinski definition) is 2. The minimum absolute atomic E-state index is 0.108. The van der Waals surface area contributed by atoms with E-state index in [1.54, 1.807) is 6.20 Å². The van der Waals surface area contributed by atoms with Gasteiger partial charge in [0.25, 0.3) is 0 Å². The molecule has 0 bridgehead atoms. The van der Waals surface area contributed by atoms with Crippen molar-refractivity contribution in [3.05, 3.63) is 23.9 Å². The molecule has 3 N–H and O–H groups in total. The standard InChI is InChI=1S/C15H27N3O2/c1-4-8-17-13(15(19-5-2)20-6-3)10-12-7-9-18-14(16)11-12/h7,9,11,13,15,17H,4-6,8,10H2,1-3H3,(H2,16,18). The summed E-state index contributed by atoms with van der Waals surface area (Å²) in [6, 6.07) is 3.98. The van der Waals surface area contributed by atoms with Crippen LogP contribution in [0, 0.1) is 0 Å². The first-order chi connectivity index (χ1) is 9.71. The van der Waals surface area contributed by atoms with Gasteiger partial charge in [-0.3, -0.25) is 0 Å². The van der Waals surface area contributed by atoms with Crippen molar-refractivity contribution in [2.24, 2.45) is 0 Å². The van der Waals surface area contributed by atoms with E-state index in [0.717, 1.165) is 24.9 Å². The summed E-state index contributed by atoms with van der Waals surface area (Å²) in [5, 5.41) is 3.50. The molecule has 1 heterocycles. The number of pyridine rings is 1. The third-order valence-corrected chi connectivity index (χ3v) is 2.95. The quantitative estimate of drug-likeness (QED) is 0.642. The van der Waals surface area contributed by atoms with Crippen LogP contribution in [0.2, 0.25) is 0 Å². The first-order valence-corrected chi connectivity index (χ1v) is 7.38. The second kappa shape index (κ2) is 9.69. The fourth-order valence-electron chi connectivity index (χ4n) is 2.08. The van der Waals surface area contributed by atoms with Crippen LogP contribution in [-0.4, -0.2) is 37.1 Å². The summed E-state index contributed by atoms with van der Waals surface area (Å²) >= 11 is 0. The molecule has 0 saturated carbocycles. The van der Waals surface area contributed by atoms with E-state index in [1.807, 2.05) is 26.0 Å². The molecule has 0 saturated heterocycles. The van der Waals surface area contributed by atoms with Gasteiger partial charge in [-0.05, 0) is 50.9 Å². The summed E-state index contributed by atoms with van der Waals surface area (Å²) < 4.78 is 11.4. The highest BCUT2D eigenvalue weighted by atomic mass is 16.7. The first kappa shape index (κ1) is 16.9. The van der Waals surface area contributed by atoms with E-state index in [4.69, 9.17) is 15.2 Å². The average molecular weight is 281 g/mol. The van der Waals surface area contributed by atoms with Crippen LogP contribution in [0.25, 0.3) is 0 Å². The highest BCUT2D eigenvalue weighted by Crippen LogP contribution is 2.12. The van der Waals surface area contributed by atoms with Gasteiger partial charge in [0, 0.05) is 19.4 Å². The predicted molar refractivity (Wildman–Crippen MR) is 81.5 cm³/mol. The monoisotopic (exact) mass is 281 g/mol. The van der Waals surface area contributed by atoms with E-state index in [9.17, 15) is 0 Å². The van der Waals surface area contributed by atoms with Crippen LogP contribution >= 0.6 is 0 Å². The number of aromatic nitrogens is 1. The van der Waals surface area contributed by atoms with E-state index in [0.29, 0.717) is 19.0 Å². The minimum Gasteiger partial charge on any atom is -0.384 e. The molecule has 20 heavy (non-hydrogen) atoms. The van der Waals surface area contributed by atoms with E-state index in [1.165, 1.54) is 0 Å². The molecule has 0 aliphatic heterocycles. The molecule has 0 amide bonds. The van der Waals surface area contributed by atoms with Crippen molar-refractivity contribution in [3.8, 4) is 0 Å². The molecule has 5 nitrogen and oxygen atoms in total. The second-order valence-electron chi connectivity index (χ2n) is 4.63. The molecule has 1 atom stereocenters. The van der Waals surface area contributed by atoms with Crippen LogP contribution < -0.4 is 11.1 Å². The van der Waals surface area contributed by atoms with Crippen LogP contribution in [0.15, 0.2) is 18.3 Å². The Morgan fingerprint density at radius 3 is 2.50 bits per heavy atom. The highest BCUT2D eigenvalue weighted by Gasteiger charge is 2.22. The van der Waals surface area contributed by atoms with Gasteiger partial charge >= 0.3 is 0 Å². The molecule has 1 aromatic rings. The van der Waals surface area contributed by atoms with E-state index in [2.05, 4.69) is 17.2 Å². The van der Waals surface area contributed by atoms with Crippen molar-refractivity contribution in [1.82, 2.24) is 10.3 Å². The van der Waals surface area contributed by atoms with Gasteiger partial charge in [-0.15, -0.1) is 0 Å². The van der Waals surface area contributed by atoms with Crippen LogP contribution in [0.1, 0.15) is 32.8 Å². The topological polar surface area (TPSA) is 69.4 Å². The third-order valence-electron chi connectivity index (χ3n) is 2.95. The maximum atomic E-state index is 5.73. The van der Waals surface area contributed by atoms with Gasteiger partial charge in [0.1, 0.15) is 5.82 Å². The average Bonchev–Trinajstić information content (AvgIpc) is 2.43. The first-order valence-electron chi connectivity index (χ1n) is 7.38. The summed E-state index contributed by atoms with van der Waals surface area (Å²) in [6.07, 6.45) is 3.36. The molecule has 5 heteroatoms. The summed E-state index contributed by atoms with van der Waals surface area (Å²) in [5.74, 6) is 0.543. The number of anilines is 1. The van der Waals surface area contributed by atoms with Gasteiger partial charge in [-0.1, -0.05) is 6.92 Å². The van der Waals surface area contributed by atoms with Crippen LogP contribution in [0.5, 0.6) is 0 Å². The zero-order valence-electron chi connectivity index (χ0n) is 12.8. The number of nitrogen functional groups attached to an aromatic ring is 1. The van der Waals surface area contributed by atoms with Crippen molar-refractivity contribution in [1.29, 1.82) is 0 Å². The van der Waals surface area contributed by atoms with Crippen molar-refractivity contribution in [2.45, 2.75) is 45.9 Å². The number of nitrogens with one attached hydrogen (secondary N) is 1. The Balaban J connectivity index is 2.75. The van der Waals surface area contributed by atoms with Crippen molar-refractivity contribution < 1.29 is 9.47 Å². The Morgan fingerprint density at radius 1 is 1.25 bits per heavy atom. The Morgan fingerprint density at radius 2 is 1.95 bits per heavy atom. The summed E-state index contributed by atoms with van der Waals surface area (Å²) in [4.78, 5) is 4.02. The number of nitrogens with zero attached hydrogens (tertiary/aromatic N) is 1.